The summed E-state index contributed by atoms with van der Waals surface area (Å²) >= 11 is 0. The van der Waals surface area contributed by atoms with E-state index in [1.165, 1.54) is 5.56 Å². The van der Waals surface area contributed by atoms with Gasteiger partial charge in [-0.1, -0.05) is 45.0 Å². The van der Waals surface area contributed by atoms with Crippen LogP contribution in [0.5, 0.6) is 0 Å². The van der Waals surface area contributed by atoms with Crippen molar-refractivity contribution in [1.82, 2.24) is 9.88 Å². The van der Waals surface area contributed by atoms with Crippen LogP contribution >= 0.6 is 0 Å². The first-order chi connectivity index (χ1) is 13.7. The molecule has 5 nitrogen and oxygen atoms in total. The van der Waals surface area contributed by atoms with Crippen molar-refractivity contribution in [2.75, 3.05) is 31.6 Å². The number of aliphatic hydroxyl groups is 1. The van der Waals surface area contributed by atoms with Gasteiger partial charge in [-0.2, -0.15) is 0 Å². The second-order valence-corrected chi connectivity index (χ2v) is 9.30. The van der Waals surface area contributed by atoms with Gasteiger partial charge in [0.25, 0.3) is 0 Å². The van der Waals surface area contributed by atoms with E-state index in [1.807, 2.05) is 18.2 Å². The van der Waals surface area contributed by atoms with Crippen LogP contribution in [0.4, 0.5) is 5.69 Å². The molecule has 154 valence electrons. The van der Waals surface area contributed by atoms with Crippen LogP contribution in [-0.2, 0) is 10.4 Å². The Morgan fingerprint density at radius 1 is 1.14 bits per heavy atom. The van der Waals surface area contributed by atoms with Crippen LogP contribution in [0.3, 0.4) is 0 Å². The number of benzene rings is 1. The Morgan fingerprint density at radius 3 is 2.38 bits per heavy atom. The Balaban J connectivity index is 1.80. The van der Waals surface area contributed by atoms with Gasteiger partial charge in [-0.15, -0.1) is 0 Å². The van der Waals surface area contributed by atoms with Crippen LogP contribution in [0.25, 0.3) is 0 Å². The number of pyridine rings is 1. The minimum atomic E-state index is -1.18. The average Bonchev–Trinajstić information content (AvgIpc) is 3.12. The first kappa shape index (κ1) is 20.0. The first-order valence-corrected chi connectivity index (χ1v) is 10.5. The molecule has 0 radical (unpaired) electrons. The summed E-state index contributed by atoms with van der Waals surface area (Å²) in [5, 5.41) is 12.2. The van der Waals surface area contributed by atoms with Crippen LogP contribution in [0, 0.1) is 5.41 Å². The van der Waals surface area contributed by atoms with Crippen molar-refractivity contribution in [2.24, 2.45) is 5.41 Å². The molecule has 2 aliphatic heterocycles. The molecule has 0 bridgehead atoms. The van der Waals surface area contributed by atoms with Gasteiger partial charge in [0.15, 0.2) is 0 Å². The number of hydrogen-bond acceptors (Lipinski definition) is 4. The molecule has 4 rings (SSSR count). The van der Waals surface area contributed by atoms with Crippen molar-refractivity contribution in [3.63, 3.8) is 0 Å². The van der Waals surface area contributed by atoms with E-state index in [4.69, 9.17) is 0 Å². The Morgan fingerprint density at radius 2 is 1.83 bits per heavy atom. The number of rotatable bonds is 5. The van der Waals surface area contributed by atoms with Gasteiger partial charge in [0, 0.05) is 43.2 Å². The van der Waals surface area contributed by atoms with E-state index in [0.29, 0.717) is 18.9 Å². The minimum absolute atomic E-state index is 0.128. The second kappa shape index (κ2) is 7.22. The van der Waals surface area contributed by atoms with Crippen molar-refractivity contribution in [3.8, 4) is 0 Å². The first-order valence-electron chi connectivity index (χ1n) is 10.5. The zero-order valence-corrected chi connectivity index (χ0v) is 17.9. The summed E-state index contributed by atoms with van der Waals surface area (Å²) in [6.45, 7) is 8.78. The van der Waals surface area contributed by atoms with Gasteiger partial charge in [-0.05, 0) is 36.6 Å². The number of nitrogens with zero attached hydrogens (tertiary/aromatic N) is 3. The van der Waals surface area contributed by atoms with Gasteiger partial charge in [0.2, 0.25) is 5.91 Å². The van der Waals surface area contributed by atoms with Gasteiger partial charge in [0.1, 0.15) is 5.60 Å². The highest BCUT2D eigenvalue weighted by Crippen LogP contribution is 2.50. The summed E-state index contributed by atoms with van der Waals surface area (Å²) in [5.41, 5.74) is 2.14. The highest BCUT2D eigenvalue weighted by molar-refractivity contribution is 5.95. The van der Waals surface area contributed by atoms with Crippen molar-refractivity contribution in [2.45, 2.75) is 45.1 Å². The third kappa shape index (κ3) is 3.26. The third-order valence-electron chi connectivity index (χ3n) is 6.63. The van der Waals surface area contributed by atoms with E-state index in [2.05, 4.69) is 49.8 Å². The van der Waals surface area contributed by atoms with Gasteiger partial charge in [0.05, 0.1) is 11.9 Å². The molecule has 29 heavy (non-hydrogen) atoms. The van der Waals surface area contributed by atoms with Gasteiger partial charge in [-0.25, -0.2) is 0 Å². The highest BCUT2D eigenvalue weighted by Gasteiger charge is 2.55. The molecular formula is C24H31N3O2. The lowest BCUT2D eigenvalue weighted by atomic mass is 9.62. The molecule has 3 heterocycles. The SMILES string of the molecule is CC(C)c1ccc(C(O)(c2cncc(N3CCCC3=O)c2)C2(C)CN(C)C2)cc1. The van der Waals surface area contributed by atoms with E-state index in [0.717, 1.165) is 36.3 Å². The zero-order chi connectivity index (χ0) is 20.8. The fourth-order valence-corrected chi connectivity index (χ4v) is 5.04. The molecule has 0 saturated carbocycles. The van der Waals surface area contributed by atoms with E-state index in [-0.39, 0.29) is 11.3 Å². The quantitative estimate of drug-likeness (QED) is 0.844. The number of amides is 1. The van der Waals surface area contributed by atoms with Crippen LogP contribution in [0.2, 0.25) is 0 Å². The second-order valence-electron chi connectivity index (χ2n) is 9.30. The molecule has 2 saturated heterocycles. The predicted molar refractivity (Wildman–Crippen MR) is 115 cm³/mol. The number of carbonyl (C=O) groups is 1. The molecule has 2 aromatic rings. The summed E-state index contributed by atoms with van der Waals surface area (Å²) in [4.78, 5) is 20.7. The normalized spacial score (nSPS) is 21.3. The lowest BCUT2D eigenvalue weighted by molar-refractivity contribution is -0.127. The van der Waals surface area contributed by atoms with Crippen LogP contribution in [-0.4, -0.2) is 47.6 Å². The number of carbonyl (C=O) groups excluding carboxylic acids is 1. The maximum absolute atomic E-state index is 12.2. The summed E-state index contributed by atoms with van der Waals surface area (Å²) in [6, 6.07) is 10.3. The number of likely N-dealkylation sites (tertiary alicyclic amines) is 1. The van der Waals surface area contributed by atoms with Crippen molar-refractivity contribution in [1.29, 1.82) is 0 Å². The van der Waals surface area contributed by atoms with Crippen LogP contribution in [0.1, 0.15) is 56.2 Å². The Hall–Kier alpha value is -2.24. The molecule has 2 fully saturated rings. The zero-order valence-electron chi connectivity index (χ0n) is 17.9. The largest absolute Gasteiger partial charge is 0.380 e. The smallest absolute Gasteiger partial charge is 0.227 e. The van der Waals surface area contributed by atoms with E-state index < -0.39 is 5.60 Å². The molecule has 2 aliphatic rings. The maximum atomic E-state index is 12.2. The van der Waals surface area contributed by atoms with Gasteiger partial charge in [-0.3, -0.25) is 9.78 Å². The minimum Gasteiger partial charge on any atom is -0.380 e. The monoisotopic (exact) mass is 393 g/mol. The molecule has 5 heteroatoms. The number of aromatic nitrogens is 1. The summed E-state index contributed by atoms with van der Waals surface area (Å²) in [5.74, 6) is 0.567. The van der Waals surface area contributed by atoms with Gasteiger partial charge >= 0.3 is 0 Å². The lowest BCUT2D eigenvalue weighted by Gasteiger charge is -2.56. The Bertz CT molecular complexity index is 903. The van der Waals surface area contributed by atoms with Crippen molar-refractivity contribution < 1.29 is 9.90 Å². The lowest BCUT2D eigenvalue weighted by Crippen LogP contribution is -2.63. The molecular weight excluding hydrogens is 362 g/mol. The molecule has 1 aromatic heterocycles. The summed E-state index contributed by atoms with van der Waals surface area (Å²) in [7, 11) is 2.07. The molecule has 1 atom stereocenters. The predicted octanol–water partition coefficient (Wildman–Crippen LogP) is 3.52. The van der Waals surface area contributed by atoms with E-state index >= 15 is 0 Å². The number of anilines is 1. The van der Waals surface area contributed by atoms with E-state index in [9.17, 15) is 9.90 Å². The fourth-order valence-electron chi connectivity index (χ4n) is 5.04. The maximum Gasteiger partial charge on any atom is 0.227 e. The summed E-state index contributed by atoms with van der Waals surface area (Å²) in [6.07, 6.45) is 4.92. The van der Waals surface area contributed by atoms with Gasteiger partial charge < -0.3 is 14.9 Å². The molecule has 0 aliphatic carbocycles. The molecule has 1 aromatic carbocycles. The van der Waals surface area contributed by atoms with Crippen molar-refractivity contribution >= 4 is 11.6 Å². The topological polar surface area (TPSA) is 56.7 Å². The van der Waals surface area contributed by atoms with Crippen molar-refractivity contribution in [3.05, 3.63) is 59.4 Å². The molecule has 1 amide bonds. The Labute approximate surface area is 173 Å². The highest BCUT2D eigenvalue weighted by atomic mass is 16.3. The fraction of sp³-hybridized carbons (Fsp3) is 0.500. The standard InChI is InChI=1S/C24H31N3O2/c1-17(2)18-7-9-19(10-8-18)24(29,23(3)15-26(4)16-23)20-12-21(14-25-13-20)27-11-5-6-22(27)28/h7-10,12-14,17,29H,5-6,11,15-16H2,1-4H3. The summed E-state index contributed by atoms with van der Waals surface area (Å²) < 4.78 is 0. The average molecular weight is 394 g/mol. The number of hydrogen-bond donors (Lipinski definition) is 1. The molecule has 0 spiro atoms. The molecule has 1 N–H and O–H groups in total. The third-order valence-corrected chi connectivity index (χ3v) is 6.63. The van der Waals surface area contributed by atoms with Crippen LogP contribution in [0.15, 0.2) is 42.7 Å². The van der Waals surface area contributed by atoms with E-state index in [1.54, 1.807) is 17.3 Å². The molecule has 1 unspecified atom stereocenters. The Kier molecular flexibility index (Phi) is 4.99. The van der Waals surface area contributed by atoms with Crippen LogP contribution < -0.4 is 4.90 Å².